The van der Waals surface area contributed by atoms with Crippen LogP contribution in [0.15, 0.2) is 18.7 Å². The van der Waals surface area contributed by atoms with Crippen molar-refractivity contribution in [3.63, 3.8) is 0 Å². The zero-order chi connectivity index (χ0) is 30.2. The Bertz CT molecular complexity index is 858. The van der Waals surface area contributed by atoms with Gasteiger partial charge in [-0.05, 0) is 12.8 Å². The number of H-pyrrole nitrogens is 1. The average molecular weight is 616 g/mol. The summed E-state index contributed by atoms with van der Waals surface area (Å²) in [6, 6.07) is -1.68. The summed E-state index contributed by atoms with van der Waals surface area (Å²) < 4.78 is 231. The summed E-state index contributed by atoms with van der Waals surface area (Å²) in [6.07, 6.45) is -6.42. The van der Waals surface area contributed by atoms with Gasteiger partial charge in [0.05, 0.1) is 6.42 Å². The van der Waals surface area contributed by atoms with Gasteiger partial charge in [-0.1, -0.05) is 13.3 Å². The summed E-state index contributed by atoms with van der Waals surface area (Å²) in [6.45, 7) is 1.56. The average Bonchev–Trinajstić information content (AvgIpc) is 3.15. The van der Waals surface area contributed by atoms with Gasteiger partial charge in [-0.3, -0.25) is 4.98 Å². The van der Waals surface area contributed by atoms with Crippen LogP contribution in [0, 0.1) is 0 Å². The Kier molecular flexibility index (Phi) is 9.06. The van der Waals surface area contributed by atoms with Crippen LogP contribution in [0.1, 0.15) is 38.6 Å². The monoisotopic (exact) mass is 616 g/mol. The van der Waals surface area contributed by atoms with Crippen molar-refractivity contribution >= 4 is 7.81 Å². The maximum atomic E-state index is 14.1. The van der Waals surface area contributed by atoms with Crippen molar-refractivity contribution in [3.8, 4) is 0 Å². The van der Waals surface area contributed by atoms with Gasteiger partial charge < -0.3 is 0 Å². The molecule has 1 heterocycles. The van der Waals surface area contributed by atoms with Gasteiger partial charge in [-0.15, -0.1) is 0 Å². The summed E-state index contributed by atoms with van der Waals surface area (Å²) in [5.41, 5.74) is 0. The number of aromatic nitrogens is 2. The molecule has 0 bridgehead atoms. The van der Waals surface area contributed by atoms with Crippen LogP contribution in [0.4, 0.5) is 82.3 Å². The molecule has 0 aliphatic heterocycles. The number of halogens is 19. The third kappa shape index (κ3) is 8.94. The van der Waals surface area contributed by atoms with E-state index in [2.05, 4.69) is 4.98 Å². The van der Waals surface area contributed by atoms with Crippen LogP contribution in [0.2, 0.25) is 0 Å². The quantitative estimate of drug-likeness (QED) is 0.154. The summed E-state index contributed by atoms with van der Waals surface area (Å²) in [5.74, 6) is -36.7. The topological polar surface area (TPSA) is 19.7 Å². The maximum absolute atomic E-state index is 14.1. The van der Waals surface area contributed by atoms with E-state index in [-0.39, 0.29) is 12.8 Å². The predicted molar refractivity (Wildman–Crippen MR) is 88.5 cm³/mol. The number of rotatable bonds is 10. The number of nitrogens with zero attached hydrogens (tertiary/aromatic N) is 1. The van der Waals surface area contributed by atoms with Crippen molar-refractivity contribution in [2.75, 3.05) is 0 Å². The zero-order valence-electron chi connectivity index (χ0n) is 17.7. The predicted octanol–water partition coefficient (Wildman–Crippen LogP) is 9.54. The molecular weight excluding hydrogens is 600 g/mol. The molecule has 1 N–H and O–H groups in total. The van der Waals surface area contributed by atoms with Crippen molar-refractivity contribution < 1.29 is 86.8 Å². The summed E-state index contributed by atoms with van der Waals surface area (Å²) in [5, 5.41) is 0. The van der Waals surface area contributed by atoms with Gasteiger partial charge in [0, 0.05) is 0 Å². The molecule has 1 unspecified atom stereocenters. The summed E-state index contributed by atoms with van der Waals surface area (Å²) >= 11 is 0. The third-order valence-corrected chi connectivity index (χ3v) is 4.37. The molecule has 2 nitrogen and oxygen atoms in total. The van der Waals surface area contributed by atoms with Gasteiger partial charge >= 0.3 is 68.8 Å². The number of aromatic amines is 1. The van der Waals surface area contributed by atoms with Gasteiger partial charge in [-0.2, -0.15) is 57.1 Å². The first-order chi connectivity index (χ1) is 15.7. The van der Waals surface area contributed by atoms with Crippen LogP contribution < -0.4 is 4.57 Å². The number of imidazole rings is 1. The van der Waals surface area contributed by atoms with Crippen molar-refractivity contribution in [2.24, 2.45) is 0 Å². The van der Waals surface area contributed by atoms with Gasteiger partial charge in [0.2, 0.25) is 6.33 Å². The van der Waals surface area contributed by atoms with E-state index in [1.165, 1.54) is 0 Å². The Labute approximate surface area is 194 Å². The second-order valence-electron chi connectivity index (χ2n) is 7.52. The second kappa shape index (κ2) is 9.50. The molecular formula is C15H16F19N2P. The first kappa shape index (κ1) is 35.3. The summed E-state index contributed by atoms with van der Waals surface area (Å²) in [4.78, 5) is 2.34. The first-order valence-corrected chi connectivity index (χ1v) is 11.3. The van der Waals surface area contributed by atoms with E-state index in [0.717, 1.165) is 23.3 Å². The molecule has 0 aromatic carbocycles. The molecule has 1 aromatic heterocycles. The fourth-order valence-electron chi connectivity index (χ4n) is 2.55. The molecule has 0 saturated heterocycles. The number of hydrogen-bond acceptors (Lipinski definition) is 0. The van der Waals surface area contributed by atoms with Gasteiger partial charge in [0.25, 0.3) is 0 Å². The molecule has 0 spiro atoms. The number of hydrogen-bond donors (Lipinski definition) is 1. The minimum absolute atomic E-state index is 0.100. The first-order valence-electron chi connectivity index (χ1n) is 9.28. The number of nitrogens with one attached hydrogen (secondary N) is 1. The van der Waals surface area contributed by atoms with Gasteiger partial charge in [0.15, 0.2) is 0 Å². The van der Waals surface area contributed by atoms with Crippen molar-refractivity contribution in [1.82, 2.24) is 4.98 Å². The molecule has 224 valence electrons. The van der Waals surface area contributed by atoms with Crippen molar-refractivity contribution in [1.29, 1.82) is 0 Å². The van der Waals surface area contributed by atoms with Crippen LogP contribution in [0.5, 0.6) is 0 Å². The Morgan fingerprint density at radius 1 is 0.703 bits per heavy atom. The molecule has 1 aromatic rings. The van der Waals surface area contributed by atoms with Gasteiger partial charge in [0.1, 0.15) is 18.4 Å². The van der Waals surface area contributed by atoms with Crippen LogP contribution in [-0.2, 0) is 0 Å². The van der Waals surface area contributed by atoms with Crippen molar-refractivity contribution in [2.45, 2.75) is 74.4 Å². The van der Waals surface area contributed by atoms with E-state index in [9.17, 15) is 82.3 Å². The van der Waals surface area contributed by atoms with E-state index in [4.69, 9.17) is 0 Å². The van der Waals surface area contributed by atoms with E-state index in [1.807, 2.05) is 0 Å². The fourth-order valence-corrected chi connectivity index (χ4v) is 2.55. The zero-order valence-corrected chi connectivity index (χ0v) is 18.6. The third-order valence-electron chi connectivity index (χ3n) is 4.37. The Morgan fingerprint density at radius 3 is 1.43 bits per heavy atom. The molecule has 0 amide bonds. The van der Waals surface area contributed by atoms with E-state index in [1.54, 1.807) is 6.92 Å². The SMILES string of the molecule is CCCCC(CC(F)(F)C(F)(F)C(F)(F)C(F)(F)C(F)(F)C(F)(F)F)[n+]1cc[nH]c1.F[P-](F)(F)(F)(F)F. The van der Waals surface area contributed by atoms with Crippen LogP contribution in [-0.4, -0.2) is 40.8 Å². The van der Waals surface area contributed by atoms with E-state index in [0.29, 0.717) is 6.42 Å². The van der Waals surface area contributed by atoms with Crippen LogP contribution in [0.25, 0.3) is 0 Å². The molecule has 0 fully saturated rings. The fraction of sp³-hybridized carbons (Fsp3) is 0.800. The summed E-state index contributed by atoms with van der Waals surface area (Å²) in [7, 11) is -10.7. The molecule has 1 atom stereocenters. The molecule has 0 saturated carbocycles. The normalized spacial score (nSPS) is 17.4. The van der Waals surface area contributed by atoms with Crippen LogP contribution in [0.3, 0.4) is 0 Å². The van der Waals surface area contributed by atoms with E-state index < -0.39 is 56.1 Å². The molecule has 22 heteroatoms. The second-order valence-corrected chi connectivity index (χ2v) is 9.43. The minimum atomic E-state index is -10.7. The molecule has 1 rings (SSSR count). The Balaban J connectivity index is 0.00000161. The molecule has 0 aliphatic rings. The van der Waals surface area contributed by atoms with Gasteiger partial charge in [-0.25, -0.2) is 4.57 Å². The number of unbranched alkanes of at least 4 members (excludes halogenated alkanes) is 1. The number of alkyl halides is 13. The molecule has 37 heavy (non-hydrogen) atoms. The Morgan fingerprint density at radius 2 is 1.11 bits per heavy atom. The van der Waals surface area contributed by atoms with Crippen LogP contribution >= 0.6 is 7.81 Å². The molecule has 0 aliphatic carbocycles. The standard InChI is InChI=1S/C15H15F13N2.F6P/c1-2-3-4-9(30-6-5-29-8-30)7-10(16,17)11(18,19)12(20,21)13(22,23)14(24,25)15(26,27)28;1-7(2,3,4,5)6/h5-6,8-9H,2-4,7H2,1H3;/q;-1/p+1. The molecule has 0 radical (unpaired) electrons. The van der Waals surface area contributed by atoms with Crippen molar-refractivity contribution in [3.05, 3.63) is 18.7 Å². The van der Waals surface area contributed by atoms with E-state index >= 15 is 0 Å². The Hall–Kier alpha value is -1.69.